The van der Waals surface area contributed by atoms with Crippen molar-refractivity contribution in [3.05, 3.63) is 196 Å². The maximum absolute atomic E-state index is 4.73. The third-order valence-corrected chi connectivity index (χ3v) is 9.76. The molecular weight excluding hydrogens is 607 g/mol. The normalized spacial score (nSPS) is 11.2. The molecule has 50 heavy (non-hydrogen) atoms. The molecule has 0 amide bonds. The van der Waals surface area contributed by atoms with Crippen LogP contribution in [0.5, 0.6) is 0 Å². The first-order valence-electron chi connectivity index (χ1n) is 17.3. The number of hydrogen-bond acceptors (Lipinski definition) is 3. The largest absolute Gasteiger partial charge is 0.295 e. The minimum absolute atomic E-state index is 0.107. The van der Waals surface area contributed by atoms with Crippen molar-refractivity contribution in [3.8, 4) is 22.3 Å². The molecule has 0 spiro atoms. The Balaban J connectivity index is 1.35. The minimum Gasteiger partial charge on any atom is -0.295 e. The fourth-order valence-corrected chi connectivity index (χ4v) is 7.83. The van der Waals surface area contributed by atoms with E-state index in [0.717, 1.165) is 22.8 Å². The highest BCUT2D eigenvalue weighted by Gasteiger charge is 2.25. The molecule has 0 radical (unpaired) electrons. The van der Waals surface area contributed by atoms with Crippen LogP contribution in [-0.2, 0) is 0 Å². The Bertz CT molecular complexity index is 2170. The molecule has 6 aromatic carbocycles. The van der Waals surface area contributed by atoms with E-state index in [1.54, 1.807) is 12.5 Å². The number of rotatable bonds is 8. The van der Waals surface area contributed by atoms with Crippen molar-refractivity contribution in [2.24, 2.45) is 0 Å². The van der Waals surface area contributed by atoms with Crippen molar-refractivity contribution in [2.75, 3.05) is 4.90 Å². The zero-order valence-electron chi connectivity index (χ0n) is 29.8. The molecule has 0 N–H and O–H groups in total. The topological polar surface area (TPSA) is 29.0 Å². The van der Waals surface area contributed by atoms with E-state index in [2.05, 4.69) is 179 Å². The predicted molar refractivity (Wildman–Crippen MR) is 210 cm³/mol. The van der Waals surface area contributed by atoms with Crippen molar-refractivity contribution in [2.45, 2.75) is 47.5 Å². The Morgan fingerprint density at radius 1 is 0.480 bits per heavy atom. The highest BCUT2D eigenvalue weighted by molar-refractivity contribution is 5.86. The van der Waals surface area contributed by atoms with Crippen LogP contribution < -0.4 is 4.90 Å². The van der Waals surface area contributed by atoms with Crippen molar-refractivity contribution in [1.29, 1.82) is 0 Å². The first-order valence-corrected chi connectivity index (χ1v) is 17.3. The molecule has 7 aromatic rings. The molecular formula is C47H43N3. The van der Waals surface area contributed by atoms with Gasteiger partial charge in [-0.1, -0.05) is 114 Å². The molecule has 1 heterocycles. The summed E-state index contributed by atoms with van der Waals surface area (Å²) in [5.41, 5.74) is 18.7. The lowest BCUT2D eigenvalue weighted by Crippen LogP contribution is -2.13. The van der Waals surface area contributed by atoms with Crippen molar-refractivity contribution >= 4 is 17.2 Å². The zero-order chi connectivity index (χ0) is 34.8. The Morgan fingerprint density at radius 2 is 1.02 bits per heavy atom. The molecule has 3 nitrogen and oxygen atoms in total. The van der Waals surface area contributed by atoms with Gasteiger partial charge in [0.2, 0.25) is 0 Å². The summed E-state index contributed by atoms with van der Waals surface area (Å²) in [4.78, 5) is 11.2. The van der Waals surface area contributed by atoms with Crippen LogP contribution in [0, 0.1) is 41.5 Å². The second-order valence-electron chi connectivity index (χ2n) is 13.5. The van der Waals surface area contributed by atoms with E-state index in [4.69, 9.17) is 4.98 Å². The van der Waals surface area contributed by atoms with E-state index in [-0.39, 0.29) is 5.92 Å². The molecule has 0 fully saturated rings. The van der Waals surface area contributed by atoms with E-state index >= 15 is 0 Å². The number of nitrogens with zero attached hydrogens (tertiary/aromatic N) is 3. The van der Waals surface area contributed by atoms with Crippen LogP contribution in [0.2, 0.25) is 0 Å². The van der Waals surface area contributed by atoms with E-state index in [1.807, 2.05) is 6.07 Å². The van der Waals surface area contributed by atoms with Gasteiger partial charge in [0.15, 0.2) is 0 Å². The predicted octanol–water partition coefficient (Wildman–Crippen LogP) is 12.3. The molecule has 1 aromatic heterocycles. The summed E-state index contributed by atoms with van der Waals surface area (Å²) in [7, 11) is 0. The second kappa shape index (κ2) is 14.0. The lowest BCUT2D eigenvalue weighted by atomic mass is 9.77. The van der Waals surface area contributed by atoms with Crippen LogP contribution in [0.25, 0.3) is 22.3 Å². The summed E-state index contributed by atoms with van der Waals surface area (Å²) in [5.74, 6) is 0.920. The van der Waals surface area contributed by atoms with Gasteiger partial charge in [-0.05, 0) is 133 Å². The van der Waals surface area contributed by atoms with Gasteiger partial charge in [-0.3, -0.25) is 4.90 Å². The van der Waals surface area contributed by atoms with Gasteiger partial charge < -0.3 is 0 Å². The van der Waals surface area contributed by atoms with Crippen LogP contribution in [0.15, 0.2) is 146 Å². The third-order valence-electron chi connectivity index (χ3n) is 9.76. The SMILES string of the molecule is Cc1cc(C)c(C(c2ccc(N(c3cccc(-c4ccccc4-c4ccccc4)c3)c3ccncn3)cc2)c2c(C)cc(C)cc2C)c(C)c1. The quantitative estimate of drug-likeness (QED) is 0.153. The summed E-state index contributed by atoms with van der Waals surface area (Å²) in [6.45, 7) is 13.4. The number of aryl methyl sites for hydroxylation is 6. The average Bonchev–Trinajstić information content (AvgIpc) is 3.12. The summed E-state index contributed by atoms with van der Waals surface area (Å²) in [6.07, 6.45) is 3.42. The monoisotopic (exact) mass is 649 g/mol. The Labute approximate surface area is 297 Å². The van der Waals surface area contributed by atoms with Gasteiger partial charge in [-0.15, -0.1) is 0 Å². The van der Waals surface area contributed by atoms with Crippen LogP contribution in [-0.4, -0.2) is 9.97 Å². The zero-order valence-corrected chi connectivity index (χ0v) is 29.8. The van der Waals surface area contributed by atoms with Gasteiger partial charge in [0.25, 0.3) is 0 Å². The highest BCUT2D eigenvalue weighted by Crippen LogP contribution is 2.42. The van der Waals surface area contributed by atoms with Crippen LogP contribution in [0.1, 0.15) is 56.0 Å². The molecule has 7 rings (SSSR count). The highest BCUT2D eigenvalue weighted by atomic mass is 15.2. The number of benzene rings is 6. The van der Waals surface area contributed by atoms with Crippen molar-refractivity contribution in [1.82, 2.24) is 9.97 Å². The fraction of sp³-hybridized carbons (Fsp3) is 0.149. The van der Waals surface area contributed by atoms with Gasteiger partial charge >= 0.3 is 0 Å². The minimum atomic E-state index is 0.107. The summed E-state index contributed by atoms with van der Waals surface area (Å²) in [5, 5.41) is 0. The molecule has 246 valence electrons. The molecule has 3 heteroatoms. The Morgan fingerprint density at radius 3 is 1.58 bits per heavy atom. The lowest BCUT2D eigenvalue weighted by molar-refractivity contribution is 0.919. The van der Waals surface area contributed by atoms with Gasteiger partial charge in [0.1, 0.15) is 12.1 Å². The van der Waals surface area contributed by atoms with Crippen LogP contribution in [0.4, 0.5) is 17.2 Å². The molecule has 0 saturated heterocycles. The van der Waals surface area contributed by atoms with Crippen molar-refractivity contribution in [3.63, 3.8) is 0 Å². The Hall–Kier alpha value is -5.80. The lowest BCUT2D eigenvalue weighted by Gasteiger charge is -2.28. The van der Waals surface area contributed by atoms with Gasteiger partial charge in [-0.2, -0.15) is 0 Å². The third kappa shape index (κ3) is 6.47. The van der Waals surface area contributed by atoms with E-state index in [9.17, 15) is 0 Å². The number of hydrogen-bond donors (Lipinski definition) is 0. The van der Waals surface area contributed by atoms with Crippen molar-refractivity contribution < 1.29 is 0 Å². The summed E-state index contributed by atoms with van der Waals surface area (Å²) in [6, 6.07) is 48.3. The van der Waals surface area contributed by atoms with E-state index < -0.39 is 0 Å². The fourth-order valence-electron chi connectivity index (χ4n) is 7.83. The standard InChI is InChI=1S/C47H43N3/c1-31-25-33(3)45(34(4)26-31)47(46-35(5)27-32(2)28-36(46)6)38-19-21-40(22-20-38)50(44-23-24-48-30-49-44)41-16-12-15-39(29-41)43-18-11-10-17-42(43)37-13-8-7-9-14-37/h7-30,47H,1-6H3. The van der Waals surface area contributed by atoms with Gasteiger partial charge in [-0.25, -0.2) is 9.97 Å². The summed E-state index contributed by atoms with van der Waals surface area (Å²) >= 11 is 0. The van der Waals surface area contributed by atoms with Gasteiger partial charge in [0, 0.05) is 23.5 Å². The molecule has 0 aliphatic carbocycles. The molecule has 0 unspecified atom stereocenters. The molecule has 0 saturated carbocycles. The first-order chi connectivity index (χ1) is 24.3. The maximum atomic E-state index is 4.73. The first kappa shape index (κ1) is 32.7. The van der Waals surface area contributed by atoms with E-state index in [1.165, 1.54) is 66.8 Å². The number of aromatic nitrogens is 2. The van der Waals surface area contributed by atoms with Crippen LogP contribution in [0.3, 0.4) is 0 Å². The summed E-state index contributed by atoms with van der Waals surface area (Å²) < 4.78 is 0. The smallest absolute Gasteiger partial charge is 0.140 e. The molecule has 0 bridgehead atoms. The molecule has 0 aliphatic rings. The van der Waals surface area contributed by atoms with Gasteiger partial charge in [0.05, 0.1) is 0 Å². The maximum Gasteiger partial charge on any atom is 0.140 e. The van der Waals surface area contributed by atoms with E-state index in [0.29, 0.717) is 0 Å². The second-order valence-corrected chi connectivity index (χ2v) is 13.5. The number of anilines is 3. The Kier molecular flexibility index (Phi) is 9.15. The average molecular weight is 650 g/mol. The van der Waals surface area contributed by atoms with Crippen LogP contribution >= 0.6 is 0 Å². The molecule has 0 atom stereocenters. The molecule has 0 aliphatic heterocycles.